The van der Waals surface area contributed by atoms with Crippen LogP contribution >= 0.6 is 0 Å². The summed E-state index contributed by atoms with van der Waals surface area (Å²) in [5, 5.41) is 3.15. The van der Waals surface area contributed by atoms with Gasteiger partial charge in [-0.05, 0) is 23.7 Å². The van der Waals surface area contributed by atoms with Crippen LogP contribution in [0.3, 0.4) is 0 Å². The summed E-state index contributed by atoms with van der Waals surface area (Å²) < 4.78 is 53.1. The Hall–Kier alpha value is -2.39. The molecule has 0 unspecified atom stereocenters. The van der Waals surface area contributed by atoms with Crippen molar-refractivity contribution in [2.24, 2.45) is 5.11 Å². The molecule has 0 N–H and O–H groups in total. The van der Waals surface area contributed by atoms with Gasteiger partial charge >= 0.3 is 12.5 Å². The van der Waals surface area contributed by atoms with Crippen molar-refractivity contribution >= 4 is 0 Å². The molecule has 0 aromatic heterocycles. The first-order valence-corrected chi connectivity index (χ1v) is 4.90. The lowest BCUT2D eigenvalue weighted by Crippen LogP contribution is -2.33. The van der Waals surface area contributed by atoms with Crippen LogP contribution in [0.2, 0.25) is 0 Å². The van der Waals surface area contributed by atoms with Crippen molar-refractivity contribution in [2.75, 3.05) is 6.54 Å². The van der Waals surface area contributed by atoms with Crippen molar-refractivity contribution in [2.45, 2.75) is 12.5 Å². The standard InChI is InChI=1S/C11H7F4N3O/c12-10(13)11(14,15)19-9-5-1-3-8(7-9)4-2-6-17-18-16/h1,3,5,7,10H,6H2. The van der Waals surface area contributed by atoms with E-state index in [-0.39, 0.29) is 12.1 Å². The van der Waals surface area contributed by atoms with Gasteiger partial charge < -0.3 is 4.74 Å². The normalized spacial score (nSPS) is 10.4. The maximum Gasteiger partial charge on any atom is 0.461 e. The molecule has 0 bridgehead atoms. The molecule has 0 heterocycles. The first-order chi connectivity index (χ1) is 8.95. The lowest BCUT2D eigenvalue weighted by atomic mass is 10.2. The van der Waals surface area contributed by atoms with Crippen molar-refractivity contribution < 1.29 is 22.3 Å². The minimum atomic E-state index is -4.56. The molecule has 0 spiro atoms. The molecule has 4 nitrogen and oxygen atoms in total. The van der Waals surface area contributed by atoms with Crippen molar-refractivity contribution in [3.63, 3.8) is 0 Å². The summed E-state index contributed by atoms with van der Waals surface area (Å²) in [7, 11) is 0. The predicted octanol–water partition coefficient (Wildman–Crippen LogP) is 3.59. The lowest BCUT2D eigenvalue weighted by molar-refractivity contribution is -0.253. The largest absolute Gasteiger partial charge is 0.461 e. The Morgan fingerprint density at radius 2 is 2.16 bits per heavy atom. The van der Waals surface area contributed by atoms with Crippen LogP contribution in [0.25, 0.3) is 10.4 Å². The monoisotopic (exact) mass is 273 g/mol. The summed E-state index contributed by atoms with van der Waals surface area (Å²) in [6, 6.07) is 4.99. The number of halogens is 4. The molecule has 1 rings (SSSR count). The third kappa shape index (κ3) is 4.77. The number of hydrogen-bond donors (Lipinski definition) is 0. The Kier molecular flexibility index (Phi) is 5.03. The maximum absolute atomic E-state index is 12.7. The van der Waals surface area contributed by atoms with E-state index in [4.69, 9.17) is 5.53 Å². The summed E-state index contributed by atoms with van der Waals surface area (Å²) in [6.07, 6.45) is -8.48. The predicted molar refractivity (Wildman–Crippen MR) is 58.9 cm³/mol. The quantitative estimate of drug-likeness (QED) is 0.272. The van der Waals surface area contributed by atoms with Crippen LogP contribution in [0.1, 0.15) is 5.56 Å². The number of nitrogens with zero attached hydrogens (tertiary/aromatic N) is 3. The van der Waals surface area contributed by atoms with Gasteiger partial charge in [0.25, 0.3) is 0 Å². The smallest absolute Gasteiger partial charge is 0.428 e. The van der Waals surface area contributed by atoms with Gasteiger partial charge in [-0.2, -0.15) is 17.6 Å². The molecule has 8 heteroatoms. The SMILES string of the molecule is [N-]=[N+]=NCC#Cc1cccc(OC(F)(F)C(F)F)c1. The van der Waals surface area contributed by atoms with Crippen LogP contribution in [0.4, 0.5) is 17.6 Å². The Morgan fingerprint density at radius 3 is 2.79 bits per heavy atom. The van der Waals surface area contributed by atoms with Gasteiger partial charge in [0.1, 0.15) is 5.75 Å². The van der Waals surface area contributed by atoms with Gasteiger partial charge in [0.15, 0.2) is 0 Å². The average molecular weight is 273 g/mol. The molecule has 0 aliphatic rings. The second-order valence-electron chi connectivity index (χ2n) is 3.18. The molecule has 1 aromatic carbocycles. The average Bonchev–Trinajstić information content (AvgIpc) is 2.34. The molecular weight excluding hydrogens is 266 g/mol. The van der Waals surface area contributed by atoms with Crippen molar-refractivity contribution in [1.29, 1.82) is 0 Å². The van der Waals surface area contributed by atoms with Crippen LogP contribution < -0.4 is 4.74 Å². The molecule has 0 fully saturated rings. The zero-order chi connectivity index (χ0) is 14.3. The maximum atomic E-state index is 12.7. The van der Waals surface area contributed by atoms with Crippen LogP contribution in [-0.2, 0) is 0 Å². The number of azide groups is 1. The van der Waals surface area contributed by atoms with E-state index in [0.717, 1.165) is 12.1 Å². The molecule has 0 amide bonds. The molecule has 0 saturated heterocycles. The minimum absolute atomic E-state index is 0.0885. The lowest BCUT2D eigenvalue weighted by Gasteiger charge is -2.16. The number of ether oxygens (including phenoxy) is 1. The van der Waals surface area contributed by atoms with E-state index in [1.165, 1.54) is 12.1 Å². The van der Waals surface area contributed by atoms with Gasteiger partial charge in [-0.25, -0.2) is 0 Å². The summed E-state index contributed by atoms with van der Waals surface area (Å²) in [4.78, 5) is 2.47. The minimum Gasteiger partial charge on any atom is -0.428 e. The third-order valence-electron chi connectivity index (χ3n) is 1.79. The molecule has 0 radical (unpaired) electrons. The highest BCUT2D eigenvalue weighted by Crippen LogP contribution is 2.27. The van der Waals surface area contributed by atoms with E-state index in [9.17, 15) is 17.6 Å². The molecule has 1 aromatic rings. The second-order valence-corrected chi connectivity index (χ2v) is 3.18. The van der Waals surface area contributed by atoms with Gasteiger partial charge in [-0.3, -0.25) is 0 Å². The molecule has 100 valence electrons. The van der Waals surface area contributed by atoms with E-state index < -0.39 is 18.3 Å². The summed E-state index contributed by atoms with van der Waals surface area (Å²) in [5.41, 5.74) is 8.28. The molecular formula is C11H7F4N3O. The van der Waals surface area contributed by atoms with Gasteiger partial charge in [0.05, 0.1) is 6.54 Å². The highest BCUT2D eigenvalue weighted by molar-refractivity contribution is 5.40. The zero-order valence-electron chi connectivity index (χ0n) is 9.36. The van der Waals surface area contributed by atoms with Gasteiger partial charge in [-0.15, -0.1) is 0 Å². The van der Waals surface area contributed by atoms with Gasteiger partial charge in [-0.1, -0.05) is 23.0 Å². The number of alkyl halides is 4. The van der Waals surface area contributed by atoms with Crippen molar-refractivity contribution in [1.82, 2.24) is 0 Å². The van der Waals surface area contributed by atoms with E-state index in [1.807, 2.05) is 0 Å². The van der Waals surface area contributed by atoms with E-state index in [1.54, 1.807) is 0 Å². The summed E-state index contributed by atoms with van der Waals surface area (Å²) in [5.74, 6) is 4.53. The fourth-order valence-electron chi connectivity index (χ4n) is 1.05. The van der Waals surface area contributed by atoms with E-state index in [0.29, 0.717) is 0 Å². The molecule has 0 aliphatic carbocycles. The Morgan fingerprint density at radius 1 is 1.42 bits per heavy atom. The van der Waals surface area contributed by atoms with Gasteiger partial charge in [0.2, 0.25) is 0 Å². The Balaban J connectivity index is 2.82. The van der Waals surface area contributed by atoms with E-state index >= 15 is 0 Å². The number of benzene rings is 1. The third-order valence-corrected chi connectivity index (χ3v) is 1.79. The topological polar surface area (TPSA) is 58.0 Å². The fraction of sp³-hybridized carbons (Fsp3) is 0.273. The number of rotatable bonds is 4. The molecule has 0 saturated carbocycles. The highest BCUT2D eigenvalue weighted by Gasteiger charge is 2.43. The van der Waals surface area contributed by atoms with Crippen molar-refractivity contribution in [3.8, 4) is 17.6 Å². The first-order valence-electron chi connectivity index (χ1n) is 4.90. The number of hydrogen-bond acceptors (Lipinski definition) is 2. The van der Waals surface area contributed by atoms with E-state index in [2.05, 4.69) is 26.6 Å². The summed E-state index contributed by atoms with van der Waals surface area (Å²) in [6.45, 7) is -0.0885. The Bertz CT molecular complexity index is 544. The molecule has 0 aliphatic heterocycles. The van der Waals surface area contributed by atoms with Gasteiger partial charge in [0, 0.05) is 10.5 Å². The fourth-order valence-corrected chi connectivity index (χ4v) is 1.05. The highest BCUT2D eigenvalue weighted by atomic mass is 19.3. The first kappa shape index (κ1) is 14.7. The van der Waals surface area contributed by atoms with Crippen molar-refractivity contribution in [3.05, 3.63) is 40.3 Å². The summed E-state index contributed by atoms with van der Waals surface area (Å²) >= 11 is 0. The zero-order valence-corrected chi connectivity index (χ0v) is 9.36. The van der Waals surface area contributed by atoms with Crippen LogP contribution in [0.15, 0.2) is 29.4 Å². The second kappa shape index (κ2) is 6.52. The molecule has 0 atom stereocenters. The molecule has 19 heavy (non-hydrogen) atoms. The van der Waals surface area contributed by atoms with Crippen LogP contribution in [0.5, 0.6) is 5.75 Å². The van der Waals surface area contributed by atoms with Crippen LogP contribution in [0, 0.1) is 11.8 Å². The Labute approximate surface area is 105 Å². The van der Waals surface area contributed by atoms with Crippen LogP contribution in [-0.4, -0.2) is 19.1 Å².